The normalized spacial score (nSPS) is 12.7. The highest BCUT2D eigenvalue weighted by Gasteiger charge is 2.18. The molecule has 1 unspecified atom stereocenters. The third kappa shape index (κ3) is 4.49. The van der Waals surface area contributed by atoms with Crippen LogP contribution in [0.1, 0.15) is 18.4 Å². The predicted octanol–water partition coefficient (Wildman–Crippen LogP) is 4.49. The maximum Gasteiger partial charge on any atom is 0.261 e. The van der Waals surface area contributed by atoms with Crippen LogP contribution in [-0.4, -0.2) is 30.1 Å². The van der Waals surface area contributed by atoms with Gasteiger partial charge in [-0.15, -0.1) is 0 Å². The van der Waals surface area contributed by atoms with Gasteiger partial charge in [0.25, 0.3) is 10.0 Å². The molecule has 0 amide bonds. The molecule has 2 aromatic heterocycles. The first-order valence-corrected chi connectivity index (χ1v) is 12.0. The Bertz CT molecular complexity index is 1360. The number of thiazole rings is 1. The summed E-state index contributed by atoms with van der Waals surface area (Å²) in [5, 5.41) is 9.78. The van der Waals surface area contributed by atoms with Gasteiger partial charge in [-0.3, -0.25) is 4.72 Å². The number of sulfonamides is 1. The fraction of sp³-hybridized carbons (Fsp3) is 0.143. The van der Waals surface area contributed by atoms with Crippen molar-refractivity contribution in [3.05, 3.63) is 65.4 Å². The SMILES string of the molecule is CC(CO)c1ccc(S(=O)(=O)Nc2cc(-c3ccc4nc(N)sc4c3)cnc2Cl)cc1. The molecule has 7 nitrogen and oxygen atoms in total. The maximum atomic E-state index is 12.9. The lowest BCUT2D eigenvalue weighted by molar-refractivity contribution is 0.273. The smallest absolute Gasteiger partial charge is 0.261 e. The lowest BCUT2D eigenvalue weighted by Crippen LogP contribution is -2.14. The fourth-order valence-corrected chi connectivity index (χ4v) is 5.12. The number of aromatic nitrogens is 2. The second-order valence-corrected chi connectivity index (χ2v) is 10.2. The van der Waals surface area contributed by atoms with Crippen molar-refractivity contribution in [3.63, 3.8) is 0 Å². The number of aliphatic hydroxyl groups excluding tert-OH is 1. The van der Waals surface area contributed by atoms with E-state index in [1.165, 1.54) is 23.5 Å². The second-order valence-electron chi connectivity index (χ2n) is 7.06. The van der Waals surface area contributed by atoms with Crippen LogP contribution in [0.2, 0.25) is 5.15 Å². The van der Waals surface area contributed by atoms with E-state index in [4.69, 9.17) is 17.3 Å². The molecule has 1 atom stereocenters. The first-order valence-electron chi connectivity index (χ1n) is 9.32. The highest BCUT2D eigenvalue weighted by atomic mass is 35.5. The minimum atomic E-state index is -3.88. The van der Waals surface area contributed by atoms with Crippen molar-refractivity contribution in [3.8, 4) is 11.1 Å². The number of fused-ring (bicyclic) bond motifs is 1. The molecular weight excluding hydrogens is 456 g/mol. The third-order valence-corrected chi connectivity index (χ3v) is 7.38. The number of hydrogen-bond donors (Lipinski definition) is 3. The van der Waals surface area contributed by atoms with Crippen LogP contribution in [-0.2, 0) is 10.0 Å². The Labute approximate surface area is 188 Å². The van der Waals surface area contributed by atoms with Crippen LogP contribution in [0.25, 0.3) is 21.3 Å². The van der Waals surface area contributed by atoms with E-state index in [0.29, 0.717) is 10.7 Å². The van der Waals surface area contributed by atoms with Crippen LogP contribution >= 0.6 is 22.9 Å². The third-order valence-electron chi connectivity index (χ3n) is 4.86. The van der Waals surface area contributed by atoms with Crippen molar-refractivity contribution in [1.82, 2.24) is 9.97 Å². The Hall–Kier alpha value is -2.72. The largest absolute Gasteiger partial charge is 0.396 e. The van der Waals surface area contributed by atoms with Gasteiger partial charge in [-0.25, -0.2) is 18.4 Å². The van der Waals surface area contributed by atoms with E-state index in [1.807, 2.05) is 25.1 Å². The Morgan fingerprint density at radius 2 is 1.90 bits per heavy atom. The maximum absolute atomic E-state index is 12.9. The number of benzene rings is 2. The molecule has 4 aromatic rings. The number of aliphatic hydroxyl groups is 1. The molecule has 10 heteroatoms. The molecule has 0 spiro atoms. The van der Waals surface area contributed by atoms with Gasteiger partial charge in [0.05, 0.1) is 20.8 Å². The number of rotatable bonds is 6. The molecule has 0 aliphatic heterocycles. The molecular formula is C21H19ClN4O3S2. The first-order chi connectivity index (χ1) is 14.8. The Balaban J connectivity index is 1.64. The van der Waals surface area contributed by atoms with Crippen LogP contribution in [0.5, 0.6) is 0 Å². The predicted molar refractivity (Wildman–Crippen MR) is 125 cm³/mol. The molecule has 0 bridgehead atoms. The molecule has 2 aromatic carbocycles. The quantitative estimate of drug-likeness (QED) is 0.354. The van der Waals surface area contributed by atoms with Crippen molar-refractivity contribution in [2.75, 3.05) is 17.1 Å². The molecule has 0 saturated heterocycles. The van der Waals surface area contributed by atoms with Crippen molar-refractivity contribution < 1.29 is 13.5 Å². The molecule has 0 saturated carbocycles. The minimum Gasteiger partial charge on any atom is -0.396 e. The number of nitrogens with zero attached hydrogens (tertiary/aromatic N) is 2. The average molecular weight is 475 g/mol. The lowest BCUT2D eigenvalue weighted by Gasteiger charge is -2.12. The molecule has 2 heterocycles. The van der Waals surface area contributed by atoms with Gasteiger partial charge in [-0.1, -0.05) is 48.1 Å². The number of pyridine rings is 1. The van der Waals surface area contributed by atoms with Gasteiger partial charge in [0, 0.05) is 24.3 Å². The Kier molecular flexibility index (Phi) is 5.85. The highest BCUT2D eigenvalue weighted by molar-refractivity contribution is 7.92. The summed E-state index contributed by atoms with van der Waals surface area (Å²) in [7, 11) is -3.88. The Morgan fingerprint density at radius 1 is 1.16 bits per heavy atom. The van der Waals surface area contributed by atoms with E-state index in [-0.39, 0.29) is 28.3 Å². The summed E-state index contributed by atoms with van der Waals surface area (Å²) in [6, 6.07) is 13.6. The molecule has 4 rings (SSSR count). The summed E-state index contributed by atoms with van der Waals surface area (Å²) < 4.78 is 29.2. The minimum absolute atomic E-state index is 0.0155. The number of halogens is 1. The van der Waals surface area contributed by atoms with Crippen LogP contribution in [0.3, 0.4) is 0 Å². The van der Waals surface area contributed by atoms with Crippen molar-refractivity contribution in [2.24, 2.45) is 0 Å². The van der Waals surface area contributed by atoms with Crippen molar-refractivity contribution in [1.29, 1.82) is 0 Å². The summed E-state index contributed by atoms with van der Waals surface area (Å²) in [6.45, 7) is 1.84. The van der Waals surface area contributed by atoms with Crippen LogP contribution in [0.15, 0.2) is 59.6 Å². The zero-order chi connectivity index (χ0) is 22.2. The van der Waals surface area contributed by atoms with E-state index in [1.54, 1.807) is 24.4 Å². The summed E-state index contributed by atoms with van der Waals surface area (Å²) in [4.78, 5) is 8.47. The van der Waals surface area contributed by atoms with Crippen LogP contribution < -0.4 is 10.5 Å². The van der Waals surface area contributed by atoms with Crippen molar-refractivity contribution >= 4 is 54.0 Å². The van der Waals surface area contributed by atoms with Gasteiger partial charge < -0.3 is 10.8 Å². The topological polar surface area (TPSA) is 118 Å². The standard InChI is InChI=1S/C21H19ClN4O3S2/c1-12(11-27)13-2-5-16(6-3-13)31(28,29)26-18-8-15(10-24-20(18)22)14-4-7-17-19(9-14)30-21(23)25-17/h2-10,12,26-27H,11H2,1H3,(H2,23,25). The summed E-state index contributed by atoms with van der Waals surface area (Å²) in [5.74, 6) is -0.0775. The summed E-state index contributed by atoms with van der Waals surface area (Å²) in [5.41, 5.74) is 9.13. The lowest BCUT2D eigenvalue weighted by atomic mass is 10.0. The van der Waals surface area contributed by atoms with Gasteiger partial charge >= 0.3 is 0 Å². The van der Waals surface area contributed by atoms with E-state index in [9.17, 15) is 13.5 Å². The van der Waals surface area contributed by atoms with Gasteiger partial charge in [-0.05, 0) is 41.5 Å². The fourth-order valence-electron chi connectivity index (χ4n) is 3.08. The van der Waals surface area contributed by atoms with E-state index in [2.05, 4.69) is 14.7 Å². The van der Waals surface area contributed by atoms with Crippen LogP contribution in [0.4, 0.5) is 10.8 Å². The van der Waals surface area contributed by atoms with Crippen molar-refractivity contribution in [2.45, 2.75) is 17.7 Å². The zero-order valence-corrected chi connectivity index (χ0v) is 18.8. The molecule has 0 aliphatic carbocycles. The molecule has 160 valence electrons. The van der Waals surface area contributed by atoms with E-state index < -0.39 is 10.0 Å². The summed E-state index contributed by atoms with van der Waals surface area (Å²) in [6.07, 6.45) is 1.58. The van der Waals surface area contributed by atoms with Crippen LogP contribution in [0, 0.1) is 0 Å². The van der Waals surface area contributed by atoms with E-state index in [0.717, 1.165) is 21.3 Å². The molecule has 0 fully saturated rings. The molecule has 31 heavy (non-hydrogen) atoms. The number of anilines is 2. The summed E-state index contributed by atoms with van der Waals surface area (Å²) >= 11 is 7.54. The van der Waals surface area contributed by atoms with Gasteiger partial charge in [-0.2, -0.15) is 0 Å². The number of hydrogen-bond acceptors (Lipinski definition) is 7. The van der Waals surface area contributed by atoms with Gasteiger partial charge in [0.2, 0.25) is 0 Å². The van der Waals surface area contributed by atoms with E-state index >= 15 is 0 Å². The monoisotopic (exact) mass is 474 g/mol. The molecule has 0 radical (unpaired) electrons. The molecule has 4 N–H and O–H groups in total. The number of nitrogens with two attached hydrogens (primary N) is 1. The van der Waals surface area contributed by atoms with Gasteiger partial charge in [0.1, 0.15) is 0 Å². The number of nitrogen functional groups attached to an aromatic ring is 1. The molecule has 0 aliphatic rings. The number of nitrogens with one attached hydrogen (secondary N) is 1. The highest BCUT2D eigenvalue weighted by Crippen LogP contribution is 2.32. The first kappa shape index (κ1) is 21.5. The zero-order valence-electron chi connectivity index (χ0n) is 16.4. The van der Waals surface area contributed by atoms with Gasteiger partial charge in [0.15, 0.2) is 10.3 Å². The Morgan fingerprint density at radius 3 is 2.61 bits per heavy atom. The second kappa shape index (κ2) is 8.43. The average Bonchev–Trinajstić information content (AvgIpc) is 3.14.